The molecule has 20 rings (SSSR count). The van der Waals surface area contributed by atoms with Crippen LogP contribution in [0.3, 0.4) is 0 Å². The van der Waals surface area contributed by atoms with Crippen LogP contribution in [0.4, 0.5) is 63.3 Å². The van der Waals surface area contributed by atoms with Gasteiger partial charge in [-0.1, -0.05) is 191 Å². The standard InChI is InChI=1S/C25H25ClN4.C24H23ClN4.C23H23ClN6.C23H21ClN4.C22H21ClN6/c26-20-10-11-22-23(13-16-28-24(22)18-20)27-14-6-2-5-9-25-29-15-12-21(30-25)17-19-7-3-1-4-8-19;1-17-4-6-18(7-5-17)15-20-10-13-28-24(29-20)3-2-12-26-22-11-14-27-23-16-19(25)8-9-21(22)23;1-16-3-6-18(7-4-16)29-22-10-14-28-23(30-22)27-12-2-11-25-20-9-13-26-21-15-17(24)5-8-19(20)21;24-18-8-9-20-21(11-14-26-22(20)16-18)25-12-4-7-23-27-13-10-19(28-23)15-17-5-2-1-3-6-17;23-16-7-8-18-19(9-13-25-20(18)15-16)24-11-4-12-26-22-27-14-10-21(29-22)28-17-5-2-1-3-6-17/h1,3-4,7-8,10-13,15-16,18H,2,5-6,9,14,17H2,(H,27,28);4-11,13-14,16H,2-3,12,15H2,1H3,(H,26,27);3-10,13-15H,2,11-12H2,1H3,(H,25,26)(H2,27,28,29,30);1-3,5-6,8-11,13-14,16H,4,7,12,15H2,(H,25,26);1-3,5-10,13-15H,4,11-12H2,(H,24,25)(H2,26,27,28,29). The van der Waals surface area contributed by atoms with Crippen LogP contribution in [0.2, 0.25) is 25.1 Å². The van der Waals surface area contributed by atoms with E-state index < -0.39 is 0 Å². The molecule has 10 aromatic heterocycles. The first-order valence-electron chi connectivity index (χ1n) is 48.9. The van der Waals surface area contributed by atoms with Gasteiger partial charge >= 0.3 is 0 Å². The molecule has 10 heterocycles. The second-order valence-corrected chi connectivity index (χ2v) is 36.9. The second kappa shape index (κ2) is 54.7. The number of unbranched alkanes of at least 4 members (excludes halogenated alkanes) is 2. The molecule has 0 saturated heterocycles. The molecule has 20 aromatic rings. The molecule has 0 aliphatic rings. The van der Waals surface area contributed by atoms with E-state index in [0.29, 0.717) is 37.0 Å². The van der Waals surface area contributed by atoms with E-state index in [2.05, 4.69) is 206 Å². The monoisotopic (exact) mass is 2030 g/mol. The van der Waals surface area contributed by atoms with E-state index in [1.165, 1.54) is 27.8 Å². The van der Waals surface area contributed by atoms with Gasteiger partial charge in [0.2, 0.25) is 11.9 Å². The van der Waals surface area contributed by atoms with E-state index in [1.54, 1.807) is 37.2 Å². The Labute approximate surface area is 875 Å². The van der Waals surface area contributed by atoms with Gasteiger partial charge in [-0.15, -0.1) is 0 Å². The number of nitrogens with one attached hydrogen (secondary N) is 9. The average molecular weight is 2030 g/mol. The molecule has 146 heavy (non-hydrogen) atoms. The number of para-hydroxylation sites is 1. The van der Waals surface area contributed by atoms with Crippen molar-refractivity contribution in [3.8, 4) is 0 Å². The first-order valence-corrected chi connectivity index (χ1v) is 50.8. The Bertz CT molecular complexity index is 7560. The van der Waals surface area contributed by atoms with Gasteiger partial charge in [-0.3, -0.25) is 24.9 Å². The summed E-state index contributed by atoms with van der Waals surface area (Å²) < 4.78 is 0. The summed E-state index contributed by atoms with van der Waals surface area (Å²) in [6.07, 6.45) is 30.2. The number of hydrogen-bond donors (Lipinski definition) is 9. The number of pyridine rings is 5. The fourth-order valence-electron chi connectivity index (χ4n) is 16.1. The third-order valence-corrected chi connectivity index (χ3v) is 24.7. The smallest absolute Gasteiger partial charge is 0.224 e. The van der Waals surface area contributed by atoms with Crippen LogP contribution in [-0.2, 0) is 38.5 Å². The van der Waals surface area contributed by atoms with Gasteiger partial charge in [0.15, 0.2) is 0 Å². The van der Waals surface area contributed by atoms with Gasteiger partial charge in [0.25, 0.3) is 0 Å². The normalized spacial score (nSPS) is 10.8. The van der Waals surface area contributed by atoms with Crippen LogP contribution < -0.4 is 47.9 Å². The average Bonchev–Trinajstić information content (AvgIpc) is 0.830. The molecule has 24 nitrogen and oxygen atoms in total. The largest absolute Gasteiger partial charge is 0.384 e. The van der Waals surface area contributed by atoms with Gasteiger partial charge in [-0.05, 0) is 245 Å². The molecule has 0 saturated carbocycles. The fraction of sp³-hybridized carbons (Fsp3) is 0.188. The number of benzene rings is 10. The van der Waals surface area contributed by atoms with Crippen molar-refractivity contribution in [2.75, 3.05) is 93.7 Å². The number of aryl methyl sites for hydroxylation is 5. The first kappa shape index (κ1) is 103. The predicted molar refractivity (Wildman–Crippen MR) is 603 cm³/mol. The Morgan fingerprint density at radius 1 is 0.219 bits per heavy atom. The Morgan fingerprint density at radius 2 is 0.500 bits per heavy atom. The van der Waals surface area contributed by atoms with E-state index in [-0.39, 0.29) is 0 Å². The third-order valence-electron chi connectivity index (χ3n) is 23.5. The van der Waals surface area contributed by atoms with Crippen molar-refractivity contribution >= 4 is 176 Å². The highest BCUT2D eigenvalue weighted by Gasteiger charge is 2.14. The fourth-order valence-corrected chi connectivity index (χ4v) is 17.0. The van der Waals surface area contributed by atoms with Crippen molar-refractivity contribution in [2.45, 2.75) is 97.3 Å². The van der Waals surface area contributed by atoms with Gasteiger partial charge in [-0.2, -0.15) is 9.97 Å². The van der Waals surface area contributed by atoms with E-state index in [1.807, 2.05) is 231 Å². The molecule has 0 radical (unpaired) electrons. The minimum Gasteiger partial charge on any atom is -0.384 e. The maximum absolute atomic E-state index is 6.06. The van der Waals surface area contributed by atoms with Gasteiger partial charge in [0.05, 0.1) is 27.6 Å². The molecule has 0 unspecified atom stereocenters. The lowest BCUT2D eigenvalue weighted by molar-refractivity contribution is 0.676. The quantitative estimate of drug-likeness (QED) is 0.0162. The number of anilines is 11. The summed E-state index contributed by atoms with van der Waals surface area (Å²) in [6.45, 7) is 9.93. The van der Waals surface area contributed by atoms with Crippen molar-refractivity contribution in [2.24, 2.45) is 0 Å². The van der Waals surface area contributed by atoms with Crippen molar-refractivity contribution < 1.29 is 0 Å². The third kappa shape index (κ3) is 32.7. The van der Waals surface area contributed by atoms with Crippen molar-refractivity contribution in [3.05, 3.63) is 441 Å². The molecule has 29 heteroatoms. The second-order valence-electron chi connectivity index (χ2n) is 34.7. The van der Waals surface area contributed by atoms with Crippen LogP contribution in [0.5, 0.6) is 0 Å². The zero-order valence-electron chi connectivity index (χ0n) is 81.2. The maximum atomic E-state index is 6.06. The number of rotatable bonds is 39. The SMILES string of the molecule is Cc1ccc(Cc2ccnc(CCCNc3ccnc4cc(Cl)ccc34)n2)cc1.Cc1ccc(Nc2ccnc(NCCCNc3ccnc4cc(Cl)ccc34)n2)cc1.Clc1ccc2c(NCCCCCc3nccc(Cc4ccccc4)n3)ccnc2c1.Clc1ccc2c(NCCCNc3nccc(Nc4ccccc4)n3)ccnc2c1.Clc1ccc2c(NCCCc3nccc(Cc4ccccc4)n3)ccnc2c1. The Morgan fingerprint density at radius 3 is 0.849 bits per heavy atom. The van der Waals surface area contributed by atoms with Crippen LogP contribution in [0.25, 0.3) is 54.5 Å². The highest BCUT2D eigenvalue weighted by atomic mass is 35.5. The number of hydrogen-bond acceptors (Lipinski definition) is 24. The van der Waals surface area contributed by atoms with Gasteiger partial charge < -0.3 is 47.9 Å². The molecule has 0 spiro atoms. The summed E-state index contributed by atoms with van der Waals surface area (Å²) in [4.78, 5) is 67.0. The number of aromatic nitrogens is 15. The Balaban J connectivity index is 0.000000131. The zero-order valence-corrected chi connectivity index (χ0v) is 85.0. The first-order chi connectivity index (χ1) is 71.7. The van der Waals surface area contributed by atoms with E-state index >= 15 is 0 Å². The lowest BCUT2D eigenvalue weighted by Gasteiger charge is -2.11. The summed E-state index contributed by atoms with van der Waals surface area (Å²) >= 11 is 30.3. The van der Waals surface area contributed by atoms with Crippen LogP contribution in [0.15, 0.2) is 353 Å². The molecule has 9 N–H and O–H groups in total. The highest BCUT2D eigenvalue weighted by Crippen LogP contribution is 2.32. The molecule has 0 fully saturated rings. The molecule has 0 bridgehead atoms. The Kier molecular flexibility index (Phi) is 38.6. The number of halogens is 5. The topological polar surface area (TPSA) is 302 Å². The van der Waals surface area contributed by atoms with E-state index in [0.717, 1.165) is 270 Å². The summed E-state index contributed by atoms with van der Waals surface area (Å²) in [7, 11) is 0. The summed E-state index contributed by atoms with van der Waals surface area (Å²) in [5, 5.41) is 39.4. The van der Waals surface area contributed by atoms with Crippen molar-refractivity contribution in [1.82, 2.24) is 74.8 Å². The summed E-state index contributed by atoms with van der Waals surface area (Å²) in [5.41, 5.74) is 21.3. The van der Waals surface area contributed by atoms with Gasteiger partial charge in [0.1, 0.15) is 29.1 Å². The van der Waals surface area contributed by atoms with E-state index in [4.69, 9.17) is 73.0 Å². The minimum atomic E-state index is 0.606. The van der Waals surface area contributed by atoms with Crippen LogP contribution in [-0.4, -0.2) is 121 Å². The summed E-state index contributed by atoms with van der Waals surface area (Å²) in [6, 6.07) is 96.1. The maximum Gasteiger partial charge on any atom is 0.224 e. The van der Waals surface area contributed by atoms with Crippen molar-refractivity contribution in [1.29, 1.82) is 0 Å². The molecule has 0 atom stereocenters. The molecule has 0 amide bonds. The van der Waals surface area contributed by atoms with Gasteiger partial charge in [-0.25, -0.2) is 39.9 Å². The van der Waals surface area contributed by atoms with Gasteiger partial charge in [0, 0.05) is 255 Å². The molecular weight excluding hydrogens is 1920 g/mol. The lowest BCUT2D eigenvalue weighted by Crippen LogP contribution is -2.11. The van der Waals surface area contributed by atoms with Crippen LogP contribution in [0.1, 0.15) is 107 Å². The number of fused-ring (bicyclic) bond motifs is 5. The molecular formula is C117H113Cl5N24. The lowest BCUT2D eigenvalue weighted by atomic mass is 10.1. The number of nitrogens with zero attached hydrogens (tertiary/aromatic N) is 15. The Hall–Kier alpha value is -15.7. The van der Waals surface area contributed by atoms with Crippen LogP contribution in [0, 0.1) is 13.8 Å². The molecule has 0 aliphatic carbocycles. The highest BCUT2D eigenvalue weighted by molar-refractivity contribution is 6.33. The van der Waals surface area contributed by atoms with Crippen LogP contribution >= 0.6 is 58.0 Å². The molecule has 736 valence electrons. The molecule has 0 aliphatic heterocycles. The summed E-state index contributed by atoms with van der Waals surface area (Å²) in [5.74, 6) is 5.45. The van der Waals surface area contributed by atoms with Crippen molar-refractivity contribution in [3.63, 3.8) is 0 Å². The zero-order chi connectivity index (χ0) is 100. The predicted octanol–water partition coefficient (Wildman–Crippen LogP) is 28.0. The molecule has 10 aromatic carbocycles. The van der Waals surface area contributed by atoms with E-state index in [9.17, 15) is 0 Å². The minimum absolute atomic E-state index is 0.606.